The smallest absolute Gasteiger partial charge is 0.0639 e. The van der Waals surface area contributed by atoms with Gasteiger partial charge >= 0.3 is 0 Å². The van der Waals surface area contributed by atoms with Crippen LogP contribution in [0.3, 0.4) is 0 Å². The zero-order valence-electron chi connectivity index (χ0n) is 9.63. The van der Waals surface area contributed by atoms with Gasteiger partial charge in [0.05, 0.1) is 23.9 Å². The zero-order chi connectivity index (χ0) is 11.8. The molecule has 0 aliphatic rings. The van der Waals surface area contributed by atoms with Crippen molar-refractivity contribution >= 4 is 17.3 Å². The van der Waals surface area contributed by atoms with Gasteiger partial charge in [0, 0.05) is 6.54 Å². The molecule has 1 rings (SSSR count). The van der Waals surface area contributed by atoms with E-state index in [-0.39, 0.29) is 0 Å². The predicted molar refractivity (Wildman–Crippen MR) is 70.2 cm³/mol. The van der Waals surface area contributed by atoms with Gasteiger partial charge in [0.2, 0.25) is 0 Å². The summed E-state index contributed by atoms with van der Waals surface area (Å²) in [6.45, 7) is 8.00. The second-order valence-electron chi connectivity index (χ2n) is 3.73. The molecule has 0 saturated carbocycles. The lowest BCUT2D eigenvalue weighted by Gasteiger charge is -2.08. The Balaban J connectivity index is 2.12. The third-order valence-corrected chi connectivity index (χ3v) is 2.44. The number of anilines is 1. The van der Waals surface area contributed by atoms with Gasteiger partial charge in [0.25, 0.3) is 0 Å². The molecule has 16 heavy (non-hydrogen) atoms. The molecular weight excluding hydrogens is 222 g/mol. The summed E-state index contributed by atoms with van der Waals surface area (Å²) in [5.41, 5.74) is 2.10. The Labute approximate surface area is 102 Å². The van der Waals surface area contributed by atoms with E-state index in [1.54, 1.807) is 0 Å². The molecule has 88 valence electrons. The van der Waals surface area contributed by atoms with Crippen LogP contribution in [0.4, 0.5) is 5.69 Å². The molecule has 0 radical (unpaired) electrons. The van der Waals surface area contributed by atoms with Crippen molar-refractivity contribution in [3.8, 4) is 0 Å². The normalized spacial score (nSPS) is 10.1. The van der Waals surface area contributed by atoms with Gasteiger partial charge in [-0.1, -0.05) is 29.3 Å². The minimum Gasteiger partial charge on any atom is -0.382 e. The third kappa shape index (κ3) is 5.19. The summed E-state index contributed by atoms with van der Waals surface area (Å²) in [7, 11) is 0. The van der Waals surface area contributed by atoms with Crippen LogP contribution in [0.25, 0.3) is 0 Å². The summed E-state index contributed by atoms with van der Waals surface area (Å²) in [5.74, 6) is 0. The van der Waals surface area contributed by atoms with Gasteiger partial charge in [0.1, 0.15) is 0 Å². The van der Waals surface area contributed by atoms with E-state index in [9.17, 15) is 0 Å². The van der Waals surface area contributed by atoms with Crippen LogP contribution in [-0.4, -0.2) is 19.8 Å². The summed E-state index contributed by atoms with van der Waals surface area (Å²) in [6.07, 6.45) is 0.923. The molecule has 2 nitrogen and oxygen atoms in total. The molecule has 0 heterocycles. The number of para-hydroxylation sites is 1. The van der Waals surface area contributed by atoms with Gasteiger partial charge in [-0.15, -0.1) is 6.58 Å². The summed E-state index contributed by atoms with van der Waals surface area (Å²) in [5, 5.41) is 3.96. The molecular formula is C13H18ClNO. The van der Waals surface area contributed by atoms with Gasteiger partial charge in [-0.3, -0.25) is 0 Å². The summed E-state index contributed by atoms with van der Waals surface area (Å²) < 4.78 is 5.44. The molecule has 3 heteroatoms. The van der Waals surface area contributed by atoms with Crippen LogP contribution in [0.2, 0.25) is 5.02 Å². The maximum absolute atomic E-state index is 5.99. The molecule has 0 aromatic heterocycles. The molecule has 1 N–H and O–H groups in total. The van der Waals surface area contributed by atoms with Crippen molar-refractivity contribution in [1.82, 2.24) is 0 Å². The number of nitrogens with one attached hydrogen (secondary N) is 1. The minimum absolute atomic E-state index is 0.679. The van der Waals surface area contributed by atoms with Crippen molar-refractivity contribution in [3.63, 3.8) is 0 Å². The van der Waals surface area contributed by atoms with Gasteiger partial charge < -0.3 is 10.1 Å². The Bertz CT molecular complexity index is 338. The SMILES string of the molecule is C=C(C)CCOCCNc1ccccc1Cl. The fraction of sp³-hybridized carbons (Fsp3) is 0.385. The number of halogens is 1. The largest absolute Gasteiger partial charge is 0.382 e. The van der Waals surface area contributed by atoms with E-state index in [2.05, 4.69) is 11.9 Å². The van der Waals surface area contributed by atoms with E-state index >= 15 is 0 Å². The monoisotopic (exact) mass is 239 g/mol. The van der Waals surface area contributed by atoms with Crippen LogP contribution in [-0.2, 0) is 4.74 Å². The zero-order valence-corrected chi connectivity index (χ0v) is 10.4. The van der Waals surface area contributed by atoms with Crippen molar-refractivity contribution < 1.29 is 4.74 Å². The highest BCUT2D eigenvalue weighted by atomic mass is 35.5. The average molecular weight is 240 g/mol. The lowest BCUT2D eigenvalue weighted by Crippen LogP contribution is -2.10. The molecule has 0 atom stereocenters. The summed E-state index contributed by atoms with van der Waals surface area (Å²) >= 11 is 5.99. The molecule has 1 aromatic rings. The Hall–Kier alpha value is -0.990. The van der Waals surface area contributed by atoms with Gasteiger partial charge in [-0.05, 0) is 25.5 Å². The van der Waals surface area contributed by atoms with Crippen LogP contribution in [0, 0.1) is 0 Å². The maximum atomic E-state index is 5.99. The lowest BCUT2D eigenvalue weighted by molar-refractivity contribution is 0.147. The molecule has 0 bridgehead atoms. The second kappa shape index (κ2) is 7.31. The lowest BCUT2D eigenvalue weighted by atomic mass is 10.3. The molecule has 0 aliphatic heterocycles. The average Bonchev–Trinajstić information content (AvgIpc) is 2.25. The van der Waals surface area contributed by atoms with Crippen LogP contribution < -0.4 is 5.32 Å². The topological polar surface area (TPSA) is 21.3 Å². The van der Waals surface area contributed by atoms with E-state index < -0.39 is 0 Å². The Morgan fingerprint density at radius 1 is 1.38 bits per heavy atom. The van der Waals surface area contributed by atoms with Crippen LogP contribution in [0.1, 0.15) is 13.3 Å². The maximum Gasteiger partial charge on any atom is 0.0639 e. The van der Waals surface area contributed by atoms with E-state index in [0.717, 1.165) is 35.9 Å². The molecule has 0 spiro atoms. The molecule has 1 aromatic carbocycles. The standard InChI is InChI=1S/C13H18ClNO/c1-11(2)7-9-16-10-8-15-13-6-4-3-5-12(13)14/h3-6,15H,1,7-10H2,2H3. The van der Waals surface area contributed by atoms with Gasteiger partial charge in [0.15, 0.2) is 0 Å². The highest BCUT2D eigenvalue weighted by Crippen LogP contribution is 2.19. The first-order chi connectivity index (χ1) is 7.70. The Morgan fingerprint density at radius 3 is 2.81 bits per heavy atom. The summed E-state index contributed by atoms with van der Waals surface area (Å²) in [6, 6.07) is 7.69. The number of hydrogen-bond acceptors (Lipinski definition) is 2. The number of ether oxygens (including phenoxy) is 1. The van der Waals surface area contributed by atoms with Gasteiger partial charge in [-0.2, -0.15) is 0 Å². The highest BCUT2D eigenvalue weighted by Gasteiger charge is 1.96. The Morgan fingerprint density at radius 2 is 2.12 bits per heavy atom. The highest BCUT2D eigenvalue weighted by molar-refractivity contribution is 6.33. The van der Waals surface area contributed by atoms with E-state index in [4.69, 9.17) is 16.3 Å². The van der Waals surface area contributed by atoms with Crippen molar-refractivity contribution in [3.05, 3.63) is 41.4 Å². The van der Waals surface area contributed by atoms with Crippen molar-refractivity contribution in [1.29, 1.82) is 0 Å². The van der Waals surface area contributed by atoms with E-state index in [1.807, 2.05) is 31.2 Å². The molecule has 0 aliphatic carbocycles. The van der Waals surface area contributed by atoms with Crippen molar-refractivity contribution in [2.75, 3.05) is 25.1 Å². The fourth-order valence-corrected chi connectivity index (χ4v) is 1.41. The quantitative estimate of drug-likeness (QED) is 0.578. The fourth-order valence-electron chi connectivity index (χ4n) is 1.21. The first-order valence-electron chi connectivity index (χ1n) is 5.40. The van der Waals surface area contributed by atoms with Crippen LogP contribution >= 0.6 is 11.6 Å². The Kier molecular flexibility index (Phi) is 5.98. The molecule has 0 unspecified atom stereocenters. The molecule has 0 amide bonds. The van der Waals surface area contributed by atoms with Crippen molar-refractivity contribution in [2.24, 2.45) is 0 Å². The van der Waals surface area contributed by atoms with Gasteiger partial charge in [-0.25, -0.2) is 0 Å². The van der Waals surface area contributed by atoms with E-state index in [1.165, 1.54) is 0 Å². The first kappa shape index (κ1) is 13.1. The molecule has 0 saturated heterocycles. The second-order valence-corrected chi connectivity index (χ2v) is 4.13. The predicted octanol–water partition coefficient (Wildman–Crippen LogP) is 3.73. The minimum atomic E-state index is 0.679. The van der Waals surface area contributed by atoms with Crippen LogP contribution in [0.15, 0.2) is 36.4 Å². The van der Waals surface area contributed by atoms with E-state index in [0.29, 0.717) is 6.61 Å². The van der Waals surface area contributed by atoms with Crippen LogP contribution in [0.5, 0.6) is 0 Å². The first-order valence-corrected chi connectivity index (χ1v) is 5.78. The summed E-state index contributed by atoms with van der Waals surface area (Å²) in [4.78, 5) is 0. The third-order valence-electron chi connectivity index (χ3n) is 2.11. The molecule has 0 fully saturated rings. The number of benzene rings is 1. The number of rotatable bonds is 7. The number of hydrogen-bond donors (Lipinski definition) is 1. The van der Waals surface area contributed by atoms with Crippen molar-refractivity contribution in [2.45, 2.75) is 13.3 Å².